The molecule has 0 aliphatic carbocycles. The molecule has 2 N–H and O–H groups in total. The van der Waals surface area contributed by atoms with E-state index >= 15 is 0 Å². The van der Waals surface area contributed by atoms with Crippen molar-refractivity contribution in [1.82, 2.24) is 19.2 Å². The molecule has 186 valence electrons. The Bertz CT molecular complexity index is 1510. The van der Waals surface area contributed by atoms with Crippen LogP contribution in [0, 0.1) is 6.92 Å². The molecule has 0 spiro atoms. The number of nitrogens with zero attached hydrogens (tertiary/aromatic N) is 4. The molecule has 2 aromatic heterocycles. The number of nitrogens with one attached hydrogen (secondary N) is 1. The summed E-state index contributed by atoms with van der Waals surface area (Å²) < 4.78 is 32.8. The molecule has 0 bridgehead atoms. The van der Waals surface area contributed by atoms with E-state index < -0.39 is 15.6 Å². The second-order valence-corrected chi connectivity index (χ2v) is 11.3. The second kappa shape index (κ2) is 9.57. The van der Waals surface area contributed by atoms with Gasteiger partial charge in [0, 0.05) is 48.5 Å². The number of likely N-dealkylation sites (tertiary alicyclic amines) is 1. The van der Waals surface area contributed by atoms with E-state index in [2.05, 4.69) is 19.1 Å². The molecular weight excluding hydrogens is 498 g/mol. The summed E-state index contributed by atoms with van der Waals surface area (Å²) in [5.41, 5.74) is 2.70. The molecule has 0 atom stereocenters. The van der Waals surface area contributed by atoms with Crippen LogP contribution in [0.5, 0.6) is 0 Å². The molecule has 1 aliphatic heterocycles. The van der Waals surface area contributed by atoms with E-state index in [0.29, 0.717) is 49.1 Å². The summed E-state index contributed by atoms with van der Waals surface area (Å²) in [6.45, 7) is 2.83. The maximum Gasteiger partial charge on any atom is 0.264 e. The number of anilines is 1. The number of sulfonamides is 1. The number of benzene rings is 2. The van der Waals surface area contributed by atoms with Gasteiger partial charge in [0.05, 0.1) is 16.8 Å². The lowest BCUT2D eigenvalue weighted by molar-refractivity contribution is -0.0163. The summed E-state index contributed by atoms with van der Waals surface area (Å²) in [6.07, 6.45) is 4.46. The van der Waals surface area contributed by atoms with Gasteiger partial charge in [-0.2, -0.15) is 4.37 Å². The number of aliphatic hydroxyl groups is 1. The van der Waals surface area contributed by atoms with Gasteiger partial charge in [0.15, 0.2) is 0 Å². The molecule has 2 aromatic carbocycles. The third-order valence-electron chi connectivity index (χ3n) is 6.49. The molecule has 1 fully saturated rings. The first-order valence-electron chi connectivity index (χ1n) is 11.5. The average molecular weight is 524 g/mol. The number of piperidine rings is 1. The number of amides is 1. The van der Waals surface area contributed by atoms with Crippen LogP contribution in [0.3, 0.4) is 0 Å². The molecule has 4 aromatic rings. The third-order valence-corrected chi connectivity index (χ3v) is 8.67. The standard InChI is InChI=1S/C25H25N5O4S2/c1-17-19(16-35-28-17)15-25(32)9-13-30(14-10-25)24(31)18-5-7-20(8-6-18)29-36(33,34)22-4-2-3-21-23(22)27-12-11-26-21/h2-8,11-12,16,29,32H,9-10,13-15H2,1H3. The number of hydrogen-bond donors (Lipinski definition) is 2. The number of aryl methyl sites for hydroxylation is 1. The quantitative estimate of drug-likeness (QED) is 0.397. The molecule has 3 heterocycles. The van der Waals surface area contributed by atoms with Crippen molar-refractivity contribution >= 4 is 44.2 Å². The first kappa shape index (κ1) is 24.3. The summed E-state index contributed by atoms with van der Waals surface area (Å²) in [6, 6.07) is 11.1. The van der Waals surface area contributed by atoms with E-state index in [1.165, 1.54) is 30.0 Å². The number of fused-ring (bicyclic) bond motifs is 1. The Morgan fingerprint density at radius 2 is 1.83 bits per heavy atom. The largest absolute Gasteiger partial charge is 0.389 e. The molecule has 11 heteroatoms. The molecule has 5 rings (SSSR count). The smallest absolute Gasteiger partial charge is 0.264 e. The summed E-state index contributed by atoms with van der Waals surface area (Å²) in [4.78, 5) is 23.1. The van der Waals surface area contributed by atoms with Gasteiger partial charge in [0.2, 0.25) is 0 Å². The summed E-state index contributed by atoms with van der Waals surface area (Å²) >= 11 is 1.39. The Morgan fingerprint density at radius 3 is 2.53 bits per heavy atom. The number of carbonyl (C=O) groups is 1. The Balaban J connectivity index is 1.24. The minimum atomic E-state index is -3.91. The zero-order valence-electron chi connectivity index (χ0n) is 19.6. The second-order valence-electron chi connectivity index (χ2n) is 8.98. The Morgan fingerprint density at radius 1 is 1.11 bits per heavy atom. The number of carbonyl (C=O) groups excluding carboxylic acids is 1. The highest BCUT2D eigenvalue weighted by Gasteiger charge is 2.35. The van der Waals surface area contributed by atoms with Crippen LogP contribution in [-0.4, -0.2) is 57.4 Å². The van der Waals surface area contributed by atoms with Crippen molar-refractivity contribution in [3.05, 3.63) is 77.1 Å². The molecule has 1 aliphatic rings. The first-order valence-corrected chi connectivity index (χ1v) is 13.8. The Kier molecular flexibility index (Phi) is 6.45. The van der Waals surface area contributed by atoms with Gasteiger partial charge in [-0.05, 0) is 73.3 Å². The van der Waals surface area contributed by atoms with Gasteiger partial charge in [-0.3, -0.25) is 19.5 Å². The van der Waals surface area contributed by atoms with E-state index in [-0.39, 0.29) is 16.3 Å². The van der Waals surface area contributed by atoms with Gasteiger partial charge in [0.1, 0.15) is 10.4 Å². The van der Waals surface area contributed by atoms with Gasteiger partial charge < -0.3 is 10.0 Å². The van der Waals surface area contributed by atoms with Crippen LogP contribution in [0.4, 0.5) is 5.69 Å². The first-order chi connectivity index (χ1) is 17.2. The highest BCUT2D eigenvalue weighted by molar-refractivity contribution is 7.93. The Labute approximate surface area is 213 Å². The van der Waals surface area contributed by atoms with Gasteiger partial charge in [-0.1, -0.05) is 6.07 Å². The minimum absolute atomic E-state index is 0.0301. The predicted octanol–water partition coefficient (Wildman–Crippen LogP) is 3.41. The van der Waals surface area contributed by atoms with Gasteiger partial charge in [0.25, 0.3) is 15.9 Å². The maximum absolute atomic E-state index is 13.0. The van der Waals surface area contributed by atoms with E-state index in [4.69, 9.17) is 0 Å². The van der Waals surface area contributed by atoms with Crippen molar-refractivity contribution in [3.63, 3.8) is 0 Å². The normalized spacial score (nSPS) is 15.7. The van der Waals surface area contributed by atoms with Crippen LogP contribution in [0.15, 0.2) is 65.1 Å². The third kappa shape index (κ3) is 4.95. The van der Waals surface area contributed by atoms with Crippen LogP contribution >= 0.6 is 11.5 Å². The Hall–Kier alpha value is -3.41. The molecule has 0 radical (unpaired) electrons. The molecular formula is C25H25N5O4S2. The van der Waals surface area contributed by atoms with Crippen LogP contribution in [0.1, 0.15) is 34.5 Å². The number of para-hydroxylation sites is 1. The lowest BCUT2D eigenvalue weighted by Gasteiger charge is -2.38. The molecule has 1 saturated heterocycles. The highest BCUT2D eigenvalue weighted by Crippen LogP contribution is 2.29. The van der Waals surface area contributed by atoms with Gasteiger partial charge in [-0.15, -0.1) is 0 Å². The van der Waals surface area contributed by atoms with Crippen LogP contribution in [-0.2, 0) is 16.4 Å². The van der Waals surface area contributed by atoms with Gasteiger partial charge >= 0.3 is 0 Å². The number of hydrogen-bond acceptors (Lipinski definition) is 8. The summed E-state index contributed by atoms with van der Waals surface area (Å²) in [5, 5.41) is 13.0. The van der Waals surface area contributed by atoms with Crippen LogP contribution in [0.25, 0.3) is 11.0 Å². The number of rotatable bonds is 6. The SMILES string of the molecule is Cc1nscc1CC1(O)CCN(C(=O)c2ccc(NS(=O)(=O)c3cccc4nccnc34)cc2)CC1. The fourth-order valence-corrected chi connectivity index (χ4v) is 6.33. The van der Waals surface area contributed by atoms with Crippen molar-refractivity contribution in [2.24, 2.45) is 0 Å². The van der Waals surface area contributed by atoms with Crippen molar-refractivity contribution in [1.29, 1.82) is 0 Å². The zero-order valence-corrected chi connectivity index (χ0v) is 21.2. The van der Waals surface area contributed by atoms with E-state index in [1.807, 2.05) is 12.3 Å². The minimum Gasteiger partial charge on any atom is -0.389 e. The fourth-order valence-electron chi connectivity index (χ4n) is 4.40. The topological polar surface area (TPSA) is 125 Å². The van der Waals surface area contributed by atoms with Crippen LogP contribution < -0.4 is 4.72 Å². The molecule has 1 amide bonds. The van der Waals surface area contributed by atoms with Gasteiger partial charge in [-0.25, -0.2) is 8.42 Å². The molecule has 0 saturated carbocycles. The monoisotopic (exact) mass is 523 g/mol. The summed E-state index contributed by atoms with van der Waals surface area (Å²) in [7, 11) is -3.91. The lowest BCUT2D eigenvalue weighted by Crippen LogP contribution is -2.47. The fraction of sp³-hybridized carbons (Fsp3) is 0.280. The van der Waals surface area contributed by atoms with E-state index in [0.717, 1.165) is 11.3 Å². The van der Waals surface area contributed by atoms with Crippen molar-refractivity contribution in [2.45, 2.75) is 36.7 Å². The average Bonchev–Trinajstić information content (AvgIpc) is 3.27. The number of aromatic nitrogens is 3. The van der Waals surface area contributed by atoms with E-state index in [9.17, 15) is 18.3 Å². The van der Waals surface area contributed by atoms with E-state index in [1.54, 1.807) is 41.3 Å². The molecule has 9 nitrogen and oxygen atoms in total. The zero-order chi connectivity index (χ0) is 25.3. The van der Waals surface area contributed by atoms with Crippen molar-refractivity contribution in [2.75, 3.05) is 17.8 Å². The van der Waals surface area contributed by atoms with Crippen molar-refractivity contribution in [3.8, 4) is 0 Å². The highest BCUT2D eigenvalue weighted by atomic mass is 32.2. The lowest BCUT2D eigenvalue weighted by atomic mass is 9.85. The van der Waals surface area contributed by atoms with Crippen molar-refractivity contribution < 1.29 is 18.3 Å². The van der Waals surface area contributed by atoms with Crippen LogP contribution in [0.2, 0.25) is 0 Å². The predicted molar refractivity (Wildman–Crippen MR) is 137 cm³/mol. The summed E-state index contributed by atoms with van der Waals surface area (Å²) in [5.74, 6) is -0.149. The molecule has 36 heavy (non-hydrogen) atoms. The maximum atomic E-state index is 13.0. The molecule has 0 unspecified atom stereocenters.